The van der Waals surface area contributed by atoms with Gasteiger partial charge in [0.25, 0.3) is 5.91 Å². The lowest BCUT2D eigenvalue weighted by Crippen LogP contribution is -2.33. The van der Waals surface area contributed by atoms with E-state index in [1.54, 1.807) is 47.3 Å². The second kappa shape index (κ2) is 5.80. The molecule has 3 rings (SSSR count). The highest BCUT2D eigenvalue weighted by atomic mass is 16.3. The van der Waals surface area contributed by atoms with Gasteiger partial charge in [-0.25, -0.2) is 4.68 Å². The molecule has 7 heteroatoms. The van der Waals surface area contributed by atoms with E-state index in [4.69, 9.17) is 5.73 Å². The van der Waals surface area contributed by atoms with Crippen LogP contribution in [0.1, 0.15) is 10.4 Å². The molecule has 0 fully saturated rings. The summed E-state index contributed by atoms with van der Waals surface area (Å²) in [5, 5.41) is 17.0. The summed E-state index contributed by atoms with van der Waals surface area (Å²) >= 11 is 0. The van der Waals surface area contributed by atoms with Crippen LogP contribution in [0.2, 0.25) is 0 Å². The molecule has 1 heterocycles. The van der Waals surface area contributed by atoms with Crippen molar-refractivity contribution in [1.29, 1.82) is 0 Å². The Labute approximate surface area is 131 Å². The number of carbonyl (C=O) groups excluding carboxylic acids is 2. The van der Waals surface area contributed by atoms with Crippen molar-refractivity contribution in [2.45, 2.75) is 0 Å². The predicted molar refractivity (Wildman–Crippen MR) is 84.3 cm³/mol. The van der Waals surface area contributed by atoms with Gasteiger partial charge in [-0.3, -0.25) is 9.59 Å². The lowest BCUT2D eigenvalue weighted by molar-refractivity contribution is -0.117. The van der Waals surface area contributed by atoms with Crippen molar-refractivity contribution < 1.29 is 14.7 Å². The van der Waals surface area contributed by atoms with Crippen molar-refractivity contribution in [1.82, 2.24) is 15.1 Å². The van der Waals surface area contributed by atoms with Crippen LogP contribution in [0.4, 0.5) is 0 Å². The summed E-state index contributed by atoms with van der Waals surface area (Å²) in [6.45, 7) is -0.215. The minimum absolute atomic E-state index is 0.164. The van der Waals surface area contributed by atoms with E-state index in [0.29, 0.717) is 11.3 Å². The largest absolute Gasteiger partial charge is 0.508 e. The third-order valence-corrected chi connectivity index (χ3v) is 3.33. The molecule has 0 bridgehead atoms. The summed E-state index contributed by atoms with van der Waals surface area (Å²) < 4.78 is 1.67. The van der Waals surface area contributed by atoms with E-state index < -0.39 is 5.91 Å². The Morgan fingerprint density at radius 3 is 2.83 bits per heavy atom. The van der Waals surface area contributed by atoms with E-state index in [1.807, 2.05) is 6.07 Å². The van der Waals surface area contributed by atoms with Crippen molar-refractivity contribution in [3.63, 3.8) is 0 Å². The highest BCUT2D eigenvalue weighted by molar-refractivity contribution is 5.96. The van der Waals surface area contributed by atoms with Crippen LogP contribution >= 0.6 is 0 Å². The number of phenols is 1. The summed E-state index contributed by atoms with van der Waals surface area (Å²) in [7, 11) is 0. The first-order valence-electron chi connectivity index (χ1n) is 6.88. The maximum Gasteiger partial charge on any atom is 0.251 e. The van der Waals surface area contributed by atoms with E-state index >= 15 is 0 Å². The summed E-state index contributed by atoms with van der Waals surface area (Å²) in [6.07, 6.45) is 1.63. The van der Waals surface area contributed by atoms with Gasteiger partial charge in [0, 0.05) is 10.9 Å². The number of benzene rings is 2. The summed E-state index contributed by atoms with van der Waals surface area (Å²) in [4.78, 5) is 22.7. The average Bonchev–Trinajstić information content (AvgIpc) is 2.95. The molecule has 0 spiro atoms. The Balaban J connectivity index is 1.95. The Hall–Kier alpha value is -3.35. The van der Waals surface area contributed by atoms with Gasteiger partial charge in [0.2, 0.25) is 5.91 Å². The number of aromatic nitrogens is 2. The van der Waals surface area contributed by atoms with Crippen LogP contribution in [0.15, 0.2) is 48.7 Å². The fourth-order valence-electron chi connectivity index (χ4n) is 2.27. The number of rotatable bonds is 4. The molecule has 3 aromatic rings. The summed E-state index contributed by atoms with van der Waals surface area (Å²) in [5.74, 6) is -0.830. The van der Waals surface area contributed by atoms with Gasteiger partial charge in [-0.2, -0.15) is 5.10 Å². The van der Waals surface area contributed by atoms with Crippen molar-refractivity contribution in [3.05, 3.63) is 54.2 Å². The van der Waals surface area contributed by atoms with E-state index in [0.717, 1.165) is 10.9 Å². The average molecular weight is 310 g/mol. The molecule has 2 aromatic carbocycles. The molecule has 4 N–H and O–H groups in total. The number of fused-ring (bicyclic) bond motifs is 1. The Morgan fingerprint density at radius 2 is 2.04 bits per heavy atom. The summed E-state index contributed by atoms with van der Waals surface area (Å²) in [5.41, 5.74) is 6.90. The van der Waals surface area contributed by atoms with Crippen LogP contribution < -0.4 is 11.1 Å². The van der Waals surface area contributed by atoms with E-state index in [2.05, 4.69) is 10.4 Å². The van der Waals surface area contributed by atoms with Gasteiger partial charge in [-0.15, -0.1) is 0 Å². The first-order valence-corrected chi connectivity index (χ1v) is 6.88. The molecule has 0 atom stereocenters. The van der Waals surface area contributed by atoms with Gasteiger partial charge in [0.05, 0.1) is 23.9 Å². The molecule has 116 valence electrons. The van der Waals surface area contributed by atoms with Gasteiger partial charge in [-0.1, -0.05) is 6.07 Å². The molecule has 0 saturated heterocycles. The maximum atomic E-state index is 12.0. The van der Waals surface area contributed by atoms with E-state index in [9.17, 15) is 14.7 Å². The highest BCUT2D eigenvalue weighted by Gasteiger charge is 2.10. The third-order valence-electron chi connectivity index (χ3n) is 3.33. The number of amides is 2. The minimum Gasteiger partial charge on any atom is -0.508 e. The predicted octanol–water partition coefficient (Wildman–Crippen LogP) is 0.946. The number of hydrogen-bond donors (Lipinski definition) is 3. The van der Waals surface area contributed by atoms with Crippen molar-refractivity contribution in [2.75, 3.05) is 6.54 Å². The number of nitrogens with two attached hydrogens (primary N) is 1. The Bertz CT molecular complexity index is 901. The van der Waals surface area contributed by atoms with Crippen LogP contribution in [0.25, 0.3) is 16.6 Å². The van der Waals surface area contributed by atoms with Gasteiger partial charge in [-0.05, 0) is 36.4 Å². The lowest BCUT2D eigenvalue weighted by Gasteiger charge is -2.07. The maximum absolute atomic E-state index is 12.0. The fraction of sp³-hybridized carbons (Fsp3) is 0.0625. The second-order valence-electron chi connectivity index (χ2n) is 5.00. The van der Waals surface area contributed by atoms with E-state index in [-0.39, 0.29) is 18.2 Å². The first-order chi connectivity index (χ1) is 11.0. The molecule has 0 aliphatic rings. The molecule has 0 radical (unpaired) electrons. The Morgan fingerprint density at radius 1 is 1.22 bits per heavy atom. The van der Waals surface area contributed by atoms with Gasteiger partial charge >= 0.3 is 0 Å². The number of hydrogen-bond acceptors (Lipinski definition) is 4. The van der Waals surface area contributed by atoms with Crippen LogP contribution in [-0.4, -0.2) is 33.2 Å². The number of nitrogens with one attached hydrogen (secondary N) is 1. The van der Waals surface area contributed by atoms with Crippen molar-refractivity contribution in [3.8, 4) is 11.4 Å². The first kappa shape index (κ1) is 14.6. The normalized spacial score (nSPS) is 10.6. The number of nitrogens with zero attached hydrogens (tertiary/aromatic N) is 2. The zero-order chi connectivity index (χ0) is 16.4. The molecule has 0 unspecified atom stereocenters. The van der Waals surface area contributed by atoms with Gasteiger partial charge < -0.3 is 16.2 Å². The highest BCUT2D eigenvalue weighted by Crippen LogP contribution is 2.22. The van der Waals surface area contributed by atoms with Gasteiger partial charge in [0.1, 0.15) is 5.75 Å². The molecular weight excluding hydrogens is 296 g/mol. The van der Waals surface area contributed by atoms with Crippen LogP contribution in [-0.2, 0) is 4.79 Å². The zero-order valence-corrected chi connectivity index (χ0v) is 12.1. The van der Waals surface area contributed by atoms with Crippen molar-refractivity contribution in [2.24, 2.45) is 5.73 Å². The standard InChI is InChI=1S/C16H14N4O3/c17-15(22)9-18-16(23)10-2-1-3-12(6-10)20-14-5-4-13(21)7-11(14)8-19-20/h1-8,21H,9H2,(H2,17,22)(H,18,23). The van der Waals surface area contributed by atoms with Crippen molar-refractivity contribution >= 4 is 22.7 Å². The summed E-state index contributed by atoms with van der Waals surface area (Å²) in [6, 6.07) is 11.8. The second-order valence-corrected chi connectivity index (χ2v) is 5.00. The number of aromatic hydroxyl groups is 1. The topological polar surface area (TPSA) is 110 Å². The number of carbonyl (C=O) groups is 2. The quantitative estimate of drug-likeness (QED) is 0.666. The minimum atomic E-state index is -0.604. The van der Waals surface area contributed by atoms with E-state index in [1.165, 1.54) is 0 Å². The van der Waals surface area contributed by atoms with Crippen LogP contribution in [0.3, 0.4) is 0 Å². The molecule has 2 amide bonds. The van der Waals surface area contributed by atoms with Crippen LogP contribution in [0.5, 0.6) is 5.75 Å². The Kier molecular flexibility index (Phi) is 3.68. The van der Waals surface area contributed by atoms with Gasteiger partial charge in [0.15, 0.2) is 0 Å². The molecule has 1 aromatic heterocycles. The lowest BCUT2D eigenvalue weighted by atomic mass is 10.2. The number of primary amides is 1. The fourth-order valence-corrected chi connectivity index (χ4v) is 2.27. The number of phenolic OH excluding ortho intramolecular Hbond substituents is 1. The van der Waals surface area contributed by atoms with Crippen LogP contribution in [0, 0.1) is 0 Å². The molecule has 23 heavy (non-hydrogen) atoms. The molecule has 0 saturated carbocycles. The third kappa shape index (κ3) is 2.98. The molecule has 0 aliphatic heterocycles. The molecule has 0 aliphatic carbocycles. The molecular formula is C16H14N4O3. The smallest absolute Gasteiger partial charge is 0.251 e. The monoisotopic (exact) mass is 310 g/mol. The zero-order valence-electron chi connectivity index (χ0n) is 12.1. The molecule has 7 nitrogen and oxygen atoms in total. The SMILES string of the molecule is NC(=O)CNC(=O)c1cccc(-n2ncc3cc(O)ccc32)c1.